The lowest BCUT2D eigenvalue weighted by Crippen LogP contribution is -2.28. The highest BCUT2D eigenvalue weighted by Gasteiger charge is 2.33. The third-order valence-corrected chi connectivity index (χ3v) is 9.73. The Morgan fingerprint density at radius 3 is 2.50 bits per heavy atom. The second-order valence-corrected chi connectivity index (χ2v) is 12.8. The van der Waals surface area contributed by atoms with Gasteiger partial charge in [0.2, 0.25) is 0 Å². The molecule has 3 heterocycles. The van der Waals surface area contributed by atoms with Gasteiger partial charge in [-0.3, -0.25) is 9.59 Å². The summed E-state index contributed by atoms with van der Waals surface area (Å²) in [5.41, 5.74) is 3.17. The normalized spacial score (nSPS) is 14.1. The summed E-state index contributed by atoms with van der Waals surface area (Å²) in [7, 11) is 3.05. The van der Waals surface area contributed by atoms with Crippen LogP contribution in [0.5, 0.6) is 11.5 Å². The van der Waals surface area contributed by atoms with Crippen LogP contribution in [-0.2, 0) is 24.3 Å². The van der Waals surface area contributed by atoms with Gasteiger partial charge in [-0.15, -0.1) is 21.5 Å². The Morgan fingerprint density at radius 1 is 0.979 bits per heavy atom. The van der Waals surface area contributed by atoms with Crippen molar-refractivity contribution in [3.05, 3.63) is 124 Å². The zero-order valence-corrected chi connectivity index (χ0v) is 28.0. The molecule has 0 saturated carbocycles. The van der Waals surface area contributed by atoms with E-state index in [-0.39, 0.29) is 36.0 Å². The fraction of sp³-hybridized carbons (Fsp3) is 0.229. The number of carbonyl (C=O) groups excluding carboxylic acids is 2. The van der Waals surface area contributed by atoms with Crippen molar-refractivity contribution in [1.82, 2.24) is 25.1 Å². The number of rotatable bonds is 13. The fourth-order valence-electron chi connectivity index (χ4n) is 5.37. The summed E-state index contributed by atoms with van der Waals surface area (Å²) in [5, 5.41) is 20.5. The number of nitrogens with one attached hydrogen (secondary N) is 1. The Morgan fingerprint density at radius 2 is 1.77 bits per heavy atom. The fourth-order valence-corrected chi connectivity index (χ4v) is 6.93. The van der Waals surface area contributed by atoms with Gasteiger partial charge in [0.15, 0.2) is 22.5 Å². The number of halogens is 1. The van der Waals surface area contributed by atoms with Crippen LogP contribution in [0.1, 0.15) is 44.6 Å². The topological polar surface area (TPSA) is 111 Å². The van der Waals surface area contributed by atoms with Gasteiger partial charge >= 0.3 is 0 Å². The van der Waals surface area contributed by atoms with E-state index < -0.39 is 0 Å². The van der Waals surface area contributed by atoms with Gasteiger partial charge < -0.3 is 19.4 Å². The van der Waals surface area contributed by atoms with Gasteiger partial charge in [-0.2, -0.15) is 5.10 Å². The summed E-state index contributed by atoms with van der Waals surface area (Å²) in [6.45, 7) is 0.661. The Labute approximate surface area is 285 Å². The highest BCUT2D eigenvalue weighted by atomic mass is 32.2. The molecule has 246 valence electrons. The molecule has 0 spiro atoms. The molecule has 0 radical (unpaired) electrons. The number of nitrogens with zero attached hydrogens (tertiary/aromatic N) is 5. The number of hydrogen-bond donors (Lipinski definition) is 1. The average molecular weight is 685 g/mol. The Hall–Kier alpha value is -5.01. The first-order chi connectivity index (χ1) is 23.4. The lowest BCUT2D eigenvalue weighted by Gasteiger charge is -2.22. The maximum atomic E-state index is 13.7. The Balaban J connectivity index is 1.19. The molecule has 1 unspecified atom stereocenters. The van der Waals surface area contributed by atoms with E-state index in [0.29, 0.717) is 47.4 Å². The van der Waals surface area contributed by atoms with Crippen LogP contribution in [0.25, 0.3) is 0 Å². The van der Waals surface area contributed by atoms with E-state index in [4.69, 9.17) is 14.6 Å². The maximum Gasteiger partial charge on any atom is 0.253 e. The van der Waals surface area contributed by atoms with E-state index >= 15 is 0 Å². The molecular weight excluding hydrogens is 652 g/mol. The molecule has 1 N–H and O–H groups in total. The molecule has 10 nitrogen and oxygen atoms in total. The number of thiophene rings is 1. The molecule has 2 amide bonds. The predicted molar refractivity (Wildman–Crippen MR) is 183 cm³/mol. The molecule has 0 aliphatic carbocycles. The molecule has 5 aromatic rings. The van der Waals surface area contributed by atoms with E-state index in [9.17, 15) is 14.0 Å². The molecular formula is C35H33FN6O4S2. The quantitative estimate of drug-likeness (QED) is 0.148. The van der Waals surface area contributed by atoms with Crippen molar-refractivity contribution in [2.24, 2.45) is 5.10 Å². The minimum atomic E-state index is -0.353. The van der Waals surface area contributed by atoms with Crippen molar-refractivity contribution < 1.29 is 23.5 Å². The second-order valence-electron chi connectivity index (χ2n) is 10.9. The van der Waals surface area contributed by atoms with Crippen LogP contribution >= 0.6 is 23.1 Å². The molecule has 0 fully saturated rings. The summed E-state index contributed by atoms with van der Waals surface area (Å²) in [6.07, 6.45) is 1.23. The largest absolute Gasteiger partial charge is 0.493 e. The van der Waals surface area contributed by atoms with E-state index in [0.717, 1.165) is 21.7 Å². The number of thioether (sulfide) groups is 1. The molecule has 6 rings (SSSR count). The average Bonchev–Trinajstić information content (AvgIpc) is 3.90. The monoisotopic (exact) mass is 684 g/mol. The van der Waals surface area contributed by atoms with E-state index in [2.05, 4.69) is 15.5 Å². The minimum Gasteiger partial charge on any atom is -0.493 e. The zero-order valence-electron chi connectivity index (χ0n) is 26.3. The molecule has 13 heteroatoms. The minimum absolute atomic E-state index is 0.0559. The first-order valence-corrected chi connectivity index (χ1v) is 17.1. The number of ether oxygens (including phenoxy) is 2. The summed E-state index contributed by atoms with van der Waals surface area (Å²) < 4.78 is 26.3. The first-order valence-electron chi connectivity index (χ1n) is 15.2. The molecule has 1 atom stereocenters. The number of amides is 2. The summed E-state index contributed by atoms with van der Waals surface area (Å²) in [4.78, 5) is 27.8. The van der Waals surface area contributed by atoms with E-state index in [1.807, 2.05) is 52.4 Å². The predicted octanol–water partition coefficient (Wildman–Crippen LogP) is 6.14. The van der Waals surface area contributed by atoms with Crippen LogP contribution < -0.4 is 14.8 Å². The van der Waals surface area contributed by atoms with Crippen molar-refractivity contribution in [3.63, 3.8) is 0 Å². The summed E-state index contributed by atoms with van der Waals surface area (Å²) in [5.74, 6) is 0.733. The van der Waals surface area contributed by atoms with Crippen LogP contribution in [0.2, 0.25) is 0 Å². The molecule has 0 saturated heterocycles. The van der Waals surface area contributed by atoms with Gasteiger partial charge in [0.05, 0.1) is 43.1 Å². The van der Waals surface area contributed by atoms with Gasteiger partial charge in [0.25, 0.3) is 11.8 Å². The highest BCUT2D eigenvalue weighted by Crippen LogP contribution is 2.35. The van der Waals surface area contributed by atoms with Crippen molar-refractivity contribution in [2.45, 2.75) is 37.1 Å². The molecule has 48 heavy (non-hydrogen) atoms. The molecule has 2 aromatic heterocycles. The Bertz CT molecular complexity index is 1900. The van der Waals surface area contributed by atoms with Crippen LogP contribution in [-0.4, -0.2) is 57.3 Å². The third kappa shape index (κ3) is 7.58. The molecule has 1 aliphatic heterocycles. The van der Waals surface area contributed by atoms with Gasteiger partial charge in [0.1, 0.15) is 5.82 Å². The van der Waals surface area contributed by atoms with Gasteiger partial charge in [-0.05, 0) is 59.3 Å². The van der Waals surface area contributed by atoms with Crippen LogP contribution in [0, 0.1) is 5.82 Å². The number of hydrazone groups is 1. The number of methoxy groups -OCH3 is 2. The molecule has 1 aliphatic rings. The smallest absolute Gasteiger partial charge is 0.253 e. The van der Waals surface area contributed by atoms with Crippen molar-refractivity contribution in [3.8, 4) is 11.5 Å². The van der Waals surface area contributed by atoms with Crippen molar-refractivity contribution >= 4 is 40.6 Å². The summed E-state index contributed by atoms with van der Waals surface area (Å²) >= 11 is 2.83. The highest BCUT2D eigenvalue weighted by molar-refractivity contribution is 7.99. The van der Waals surface area contributed by atoms with Crippen molar-refractivity contribution in [1.29, 1.82) is 0 Å². The lowest BCUT2D eigenvalue weighted by molar-refractivity contribution is -0.130. The van der Waals surface area contributed by atoms with Gasteiger partial charge in [-0.1, -0.05) is 60.3 Å². The third-order valence-electron chi connectivity index (χ3n) is 7.86. The zero-order chi connectivity index (χ0) is 33.5. The van der Waals surface area contributed by atoms with Crippen LogP contribution in [0.4, 0.5) is 4.39 Å². The van der Waals surface area contributed by atoms with Crippen LogP contribution in [0.3, 0.4) is 0 Å². The number of carbonyl (C=O) groups is 2. The van der Waals surface area contributed by atoms with E-state index in [1.165, 1.54) is 43.1 Å². The number of aryl methyl sites for hydroxylation is 1. The summed E-state index contributed by atoms with van der Waals surface area (Å²) in [6, 6.07) is 24.8. The number of hydrogen-bond acceptors (Lipinski definition) is 9. The van der Waals surface area contributed by atoms with Crippen LogP contribution in [0.15, 0.2) is 101 Å². The standard InChI is InChI=1S/C35H33FN6O4S2/c1-45-29-15-12-25(19-30(29)46-2)34(44)37-21-32-38-39-35(41(32)17-16-23-7-4-3-5-8-23)48-22-33(43)42-28(24-10-13-26(36)14-11-24)20-27(40-42)31-9-6-18-47-31/h3-15,18-19,28H,16-17,20-22H2,1-2H3,(H,37,44). The van der Waals surface area contributed by atoms with Gasteiger partial charge in [0, 0.05) is 18.5 Å². The lowest BCUT2D eigenvalue weighted by atomic mass is 10.0. The number of aromatic nitrogens is 3. The first kappa shape index (κ1) is 32.9. The molecule has 3 aromatic carbocycles. The Kier molecular flexibility index (Phi) is 10.5. The molecule has 0 bridgehead atoms. The van der Waals surface area contributed by atoms with E-state index in [1.54, 1.807) is 41.7 Å². The second kappa shape index (κ2) is 15.3. The SMILES string of the molecule is COc1ccc(C(=O)NCc2nnc(SCC(=O)N3N=C(c4cccs4)CC3c3ccc(F)cc3)n2CCc2ccccc2)cc1OC. The van der Waals surface area contributed by atoms with Gasteiger partial charge in [-0.25, -0.2) is 9.40 Å². The van der Waals surface area contributed by atoms with Crippen molar-refractivity contribution in [2.75, 3.05) is 20.0 Å². The maximum absolute atomic E-state index is 13.7. The number of benzene rings is 3.